The smallest absolute Gasteiger partial charge is 0.0603 e. The average Bonchev–Trinajstić information content (AvgIpc) is 2.68. The Morgan fingerprint density at radius 3 is 3.14 bits per heavy atom. The maximum absolute atomic E-state index is 3.59. The Bertz CT molecular complexity index is 498. The summed E-state index contributed by atoms with van der Waals surface area (Å²) in [6.07, 6.45) is 2.50. The van der Waals surface area contributed by atoms with Gasteiger partial charge in [-0.2, -0.15) is 0 Å². The fourth-order valence-electron chi connectivity index (χ4n) is 2.52. The molecule has 1 heterocycles. The Morgan fingerprint density at radius 2 is 2.29 bits per heavy atom. The SMILES string of the molecule is CC1CCc2[nH]c3c(Br)cccc3c21. The van der Waals surface area contributed by atoms with Crippen LogP contribution in [-0.2, 0) is 6.42 Å². The molecule has 1 aliphatic rings. The molecule has 1 nitrogen and oxygen atoms in total. The molecule has 0 saturated heterocycles. The maximum atomic E-state index is 3.59. The average molecular weight is 250 g/mol. The highest BCUT2D eigenvalue weighted by Crippen LogP contribution is 2.39. The summed E-state index contributed by atoms with van der Waals surface area (Å²) in [4.78, 5) is 3.53. The van der Waals surface area contributed by atoms with Crippen molar-refractivity contribution in [3.05, 3.63) is 33.9 Å². The first-order valence-corrected chi connectivity index (χ1v) is 5.85. The Kier molecular flexibility index (Phi) is 1.75. The molecule has 2 heteroatoms. The van der Waals surface area contributed by atoms with Crippen molar-refractivity contribution in [3.8, 4) is 0 Å². The van der Waals surface area contributed by atoms with Crippen LogP contribution in [0.4, 0.5) is 0 Å². The van der Waals surface area contributed by atoms with Gasteiger partial charge >= 0.3 is 0 Å². The summed E-state index contributed by atoms with van der Waals surface area (Å²) in [5, 5.41) is 1.40. The second-order valence-corrected chi connectivity index (χ2v) is 4.97. The Morgan fingerprint density at radius 1 is 1.43 bits per heavy atom. The molecule has 1 unspecified atom stereocenters. The summed E-state index contributed by atoms with van der Waals surface area (Å²) in [6, 6.07) is 6.43. The zero-order chi connectivity index (χ0) is 9.71. The summed E-state index contributed by atoms with van der Waals surface area (Å²) >= 11 is 3.59. The number of hydrogen-bond donors (Lipinski definition) is 1. The first kappa shape index (κ1) is 8.54. The molecular formula is C12H12BrN. The number of aryl methyl sites for hydroxylation is 1. The van der Waals surface area contributed by atoms with E-state index in [1.54, 1.807) is 5.56 Å². The normalized spacial score (nSPS) is 20.3. The van der Waals surface area contributed by atoms with Crippen molar-refractivity contribution in [1.29, 1.82) is 0 Å². The molecule has 1 aromatic carbocycles. The molecule has 0 amide bonds. The number of rotatable bonds is 0. The molecule has 0 aliphatic heterocycles. The van der Waals surface area contributed by atoms with Crippen LogP contribution in [0.5, 0.6) is 0 Å². The van der Waals surface area contributed by atoms with E-state index in [1.165, 1.54) is 33.9 Å². The number of aromatic amines is 1. The van der Waals surface area contributed by atoms with E-state index in [0.29, 0.717) is 5.92 Å². The van der Waals surface area contributed by atoms with Gasteiger partial charge in [0.2, 0.25) is 0 Å². The van der Waals surface area contributed by atoms with Gasteiger partial charge in [0.1, 0.15) is 0 Å². The minimum absolute atomic E-state index is 0.716. The third-order valence-corrected chi connectivity index (χ3v) is 3.89. The molecule has 3 rings (SSSR count). The number of halogens is 1. The van der Waals surface area contributed by atoms with Gasteiger partial charge in [-0.1, -0.05) is 19.1 Å². The molecule has 0 saturated carbocycles. The van der Waals surface area contributed by atoms with Gasteiger partial charge in [-0.25, -0.2) is 0 Å². The molecule has 1 aromatic heterocycles. The molecule has 1 aliphatic carbocycles. The first-order valence-electron chi connectivity index (χ1n) is 5.06. The fourth-order valence-corrected chi connectivity index (χ4v) is 2.99. The van der Waals surface area contributed by atoms with Crippen molar-refractivity contribution < 1.29 is 0 Å². The van der Waals surface area contributed by atoms with Gasteiger partial charge in [0.05, 0.1) is 5.52 Å². The monoisotopic (exact) mass is 249 g/mol. The molecule has 0 spiro atoms. The van der Waals surface area contributed by atoms with Crippen LogP contribution in [0.25, 0.3) is 10.9 Å². The molecule has 1 N–H and O–H groups in total. The summed E-state index contributed by atoms with van der Waals surface area (Å²) in [6.45, 7) is 2.32. The van der Waals surface area contributed by atoms with Crippen LogP contribution in [0, 0.1) is 0 Å². The lowest BCUT2D eigenvalue weighted by Gasteiger charge is -2.02. The van der Waals surface area contributed by atoms with Crippen molar-refractivity contribution >= 4 is 26.8 Å². The standard InChI is InChI=1S/C12H12BrN/c1-7-5-6-10-11(7)8-3-2-4-9(13)12(8)14-10/h2-4,7,14H,5-6H2,1H3. The molecule has 0 fully saturated rings. The molecule has 72 valence electrons. The van der Waals surface area contributed by atoms with E-state index in [1.807, 2.05) is 0 Å². The van der Waals surface area contributed by atoms with E-state index in [0.717, 1.165) is 0 Å². The molecular weight excluding hydrogens is 238 g/mol. The maximum Gasteiger partial charge on any atom is 0.0603 e. The van der Waals surface area contributed by atoms with Crippen molar-refractivity contribution in [1.82, 2.24) is 4.98 Å². The van der Waals surface area contributed by atoms with Gasteiger partial charge < -0.3 is 4.98 Å². The lowest BCUT2D eigenvalue weighted by molar-refractivity contribution is 0.747. The third kappa shape index (κ3) is 1.01. The van der Waals surface area contributed by atoms with E-state index in [4.69, 9.17) is 0 Å². The van der Waals surface area contributed by atoms with Crippen molar-refractivity contribution in [3.63, 3.8) is 0 Å². The predicted molar refractivity (Wildman–Crippen MR) is 62.7 cm³/mol. The Balaban J connectivity index is 2.41. The first-order chi connectivity index (χ1) is 6.77. The number of benzene rings is 1. The molecule has 2 aromatic rings. The summed E-state index contributed by atoms with van der Waals surface area (Å²) in [7, 11) is 0. The van der Waals surface area contributed by atoms with Gasteiger partial charge in [-0.3, -0.25) is 0 Å². The largest absolute Gasteiger partial charge is 0.357 e. The summed E-state index contributed by atoms with van der Waals surface area (Å²) in [5.74, 6) is 0.716. The minimum atomic E-state index is 0.716. The van der Waals surface area contributed by atoms with Gasteiger partial charge in [-0.05, 0) is 46.3 Å². The topological polar surface area (TPSA) is 15.8 Å². The number of nitrogens with one attached hydrogen (secondary N) is 1. The number of H-pyrrole nitrogens is 1. The van der Waals surface area contributed by atoms with Crippen LogP contribution < -0.4 is 0 Å². The van der Waals surface area contributed by atoms with E-state index < -0.39 is 0 Å². The highest BCUT2D eigenvalue weighted by atomic mass is 79.9. The van der Waals surface area contributed by atoms with Crippen LogP contribution >= 0.6 is 15.9 Å². The quantitative estimate of drug-likeness (QED) is 0.727. The summed E-state index contributed by atoms with van der Waals surface area (Å²) < 4.78 is 1.18. The van der Waals surface area contributed by atoms with Crippen LogP contribution in [0.3, 0.4) is 0 Å². The predicted octanol–water partition coefficient (Wildman–Crippen LogP) is 3.98. The zero-order valence-electron chi connectivity index (χ0n) is 8.10. The van der Waals surface area contributed by atoms with E-state index in [2.05, 4.69) is 46.0 Å². The van der Waals surface area contributed by atoms with Crippen LogP contribution in [0.2, 0.25) is 0 Å². The van der Waals surface area contributed by atoms with Crippen LogP contribution in [-0.4, -0.2) is 4.98 Å². The Labute approximate surface area is 91.6 Å². The number of fused-ring (bicyclic) bond motifs is 3. The fraction of sp³-hybridized carbons (Fsp3) is 0.333. The van der Waals surface area contributed by atoms with Gasteiger partial charge in [0.25, 0.3) is 0 Å². The second-order valence-electron chi connectivity index (χ2n) is 4.12. The number of para-hydroxylation sites is 1. The lowest BCUT2D eigenvalue weighted by Crippen LogP contribution is -1.84. The molecule has 0 bridgehead atoms. The molecule has 14 heavy (non-hydrogen) atoms. The van der Waals surface area contributed by atoms with Gasteiger partial charge in [-0.15, -0.1) is 0 Å². The highest BCUT2D eigenvalue weighted by Gasteiger charge is 2.23. The molecule has 0 radical (unpaired) electrons. The zero-order valence-corrected chi connectivity index (χ0v) is 9.69. The number of aromatic nitrogens is 1. The third-order valence-electron chi connectivity index (χ3n) is 3.22. The summed E-state index contributed by atoms with van der Waals surface area (Å²) in [5.41, 5.74) is 4.25. The lowest BCUT2D eigenvalue weighted by atomic mass is 10.0. The van der Waals surface area contributed by atoms with E-state index >= 15 is 0 Å². The van der Waals surface area contributed by atoms with E-state index in [-0.39, 0.29) is 0 Å². The molecule has 1 atom stereocenters. The van der Waals surface area contributed by atoms with Gasteiger partial charge in [0, 0.05) is 15.6 Å². The van der Waals surface area contributed by atoms with Crippen molar-refractivity contribution in [2.75, 3.05) is 0 Å². The minimum Gasteiger partial charge on any atom is -0.357 e. The van der Waals surface area contributed by atoms with E-state index in [9.17, 15) is 0 Å². The second kappa shape index (κ2) is 2.86. The van der Waals surface area contributed by atoms with Crippen LogP contribution in [0.15, 0.2) is 22.7 Å². The van der Waals surface area contributed by atoms with Crippen molar-refractivity contribution in [2.45, 2.75) is 25.7 Å². The van der Waals surface area contributed by atoms with Crippen LogP contribution in [0.1, 0.15) is 30.5 Å². The van der Waals surface area contributed by atoms with Gasteiger partial charge in [0.15, 0.2) is 0 Å². The number of hydrogen-bond acceptors (Lipinski definition) is 0. The highest BCUT2D eigenvalue weighted by molar-refractivity contribution is 9.10. The Hall–Kier alpha value is -0.760. The van der Waals surface area contributed by atoms with Crippen molar-refractivity contribution in [2.24, 2.45) is 0 Å².